The Bertz CT molecular complexity index is 670. The van der Waals surface area contributed by atoms with E-state index in [4.69, 9.17) is 0 Å². The minimum absolute atomic E-state index is 0.0779. The molecule has 0 aromatic rings. The van der Waals surface area contributed by atoms with Crippen LogP contribution in [0, 0.1) is 40.4 Å². The van der Waals surface area contributed by atoms with Crippen molar-refractivity contribution in [3.05, 3.63) is 11.1 Å². The molecule has 0 spiro atoms. The van der Waals surface area contributed by atoms with Gasteiger partial charge in [-0.3, -0.25) is 0 Å². The van der Waals surface area contributed by atoms with E-state index in [1.807, 2.05) is 0 Å². The maximum Gasteiger partial charge on any atom is 0.0799 e. The van der Waals surface area contributed by atoms with Gasteiger partial charge < -0.3 is 15.3 Å². The number of fused-ring (bicyclic) bond motifs is 9. The first-order valence-corrected chi connectivity index (χ1v) is 10.1. The van der Waals surface area contributed by atoms with Crippen molar-refractivity contribution < 1.29 is 15.3 Å². The first-order chi connectivity index (χ1) is 11.3. The summed E-state index contributed by atoms with van der Waals surface area (Å²) in [4.78, 5) is 0. The standard InChI is InChI=1S/C21H30O3/c1-19-5-4-14-16(17(19)11-7-12(11)18(19)23)13-8-15(13)21(24)9-10(22)3-6-20(14,21)2/h10-12,14-15,17-18,22-24H,3-9H2,1-2H3/t10-,11+,12-,14?,15+,17?,18?,19-,20+,21+/m0/s1. The van der Waals surface area contributed by atoms with Gasteiger partial charge in [-0.25, -0.2) is 0 Å². The second-order valence-corrected chi connectivity index (χ2v) is 10.6. The smallest absolute Gasteiger partial charge is 0.0799 e. The van der Waals surface area contributed by atoms with Crippen LogP contribution in [0.5, 0.6) is 0 Å². The van der Waals surface area contributed by atoms with Crippen LogP contribution in [0.1, 0.15) is 58.8 Å². The summed E-state index contributed by atoms with van der Waals surface area (Å²) in [5, 5.41) is 32.7. The van der Waals surface area contributed by atoms with Crippen LogP contribution in [0.25, 0.3) is 0 Å². The monoisotopic (exact) mass is 330 g/mol. The third-order valence-electron chi connectivity index (χ3n) is 9.73. The molecule has 10 atom stereocenters. The fraction of sp³-hybridized carbons (Fsp3) is 0.905. The molecule has 5 fully saturated rings. The summed E-state index contributed by atoms with van der Waals surface area (Å²) < 4.78 is 0. The molecular formula is C21H30O3. The van der Waals surface area contributed by atoms with Crippen LogP contribution in [0.2, 0.25) is 0 Å². The fourth-order valence-corrected chi connectivity index (χ4v) is 8.28. The number of rotatable bonds is 0. The van der Waals surface area contributed by atoms with Crippen molar-refractivity contribution in [2.45, 2.75) is 76.6 Å². The van der Waals surface area contributed by atoms with Gasteiger partial charge in [0.25, 0.3) is 0 Å². The molecule has 3 unspecified atom stereocenters. The number of aliphatic hydroxyl groups is 3. The maximum atomic E-state index is 11.7. The van der Waals surface area contributed by atoms with Crippen molar-refractivity contribution in [3.8, 4) is 0 Å². The molecule has 0 saturated heterocycles. The third kappa shape index (κ3) is 1.38. The van der Waals surface area contributed by atoms with Gasteiger partial charge in [0.05, 0.1) is 17.8 Å². The average molecular weight is 330 g/mol. The van der Waals surface area contributed by atoms with Gasteiger partial charge in [-0.2, -0.15) is 0 Å². The topological polar surface area (TPSA) is 60.7 Å². The lowest BCUT2D eigenvalue weighted by molar-refractivity contribution is -0.180. The van der Waals surface area contributed by atoms with Gasteiger partial charge in [-0.15, -0.1) is 0 Å². The first-order valence-electron chi connectivity index (χ1n) is 10.1. The van der Waals surface area contributed by atoms with E-state index in [9.17, 15) is 15.3 Å². The highest BCUT2D eigenvalue weighted by atomic mass is 16.3. The molecule has 24 heavy (non-hydrogen) atoms. The molecular weight excluding hydrogens is 300 g/mol. The zero-order valence-electron chi connectivity index (χ0n) is 14.8. The quantitative estimate of drug-likeness (QED) is 0.599. The predicted octanol–water partition coefficient (Wildman–Crippen LogP) is 2.64. The Morgan fingerprint density at radius 2 is 1.79 bits per heavy atom. The van der Waals surface area contributed by atoms with E-state index in [1.165, 1.54) is 12.0 Å². The largest absolute Gasteiger partial charge is 0.393 e. The van der Waals surface area contributed by atoms with E-state index < -0.39 is 5.60 Å². The van der Waals surface area contributed by atoms with Crippen molar-refractivity contribution in [3.63, 3.8) is 0 Å². The van der Waals surface area contributed by atoms with Gasteiger partial charge in [-0.1, -0.05) is 25.0 Å². The van der Waals surface area contributed by atoms with E-state index >= 15 is 0 Å². The van der Waals surface area contributed by atoms with Crippen LogP contribution in [-0.2, 0) is 0 Å². The molecule has 3 nitrogen and oxygen atoms in total. The van der Waals surface area contributed by atoms with Gasteiger partial charge >= 0.3 is 0 Å². The first kappa shape index (κ1) is 14.8. The molecule has 6 rings (SSSR count). The second-order valence-electron chi connectivity index (χ2n) is 10.6. The fourth-order valence-electron chi connectivity index (χ4n) is 8.28. The molecule has 5 saturated carbocycles. The lowest BCUT2D eigenvalue weighted by Crippen LogP contribution is -2.61. The van der Waals surface area contributed by atoms with Crippen molar-refractivity contribution in [1.82, 2.24) is 0 Å². The second kappa shape index (κ2) is 3.97. The van der Waals surface area contributed by atoms with Crippen molar-refractivity contribution in [2.75, 3.05) is 0 Å². The Kier molecular flexibility index (Phi) is 2.44. The van der Waals surface area contributed by atoms with Crippen LogP contribution < -0.4 is 0 Å². The van der Waals surface area contributed by atoms with Gasteiger partial charge in [0.1, 0.15) is 0 Å². The minimum atomic E-state index is -0.692. The molecule has 3 N–H and O–H groups in total. The highest BCUT2D eigenvalue weighted by molar-refractivity contribution is 5.47. The zero-order chi connectivity index (χ0) is 16.6. The normalized spacial score (nSPS) is 66.1. The summed E-state index contributed by atoms with van der Waals surface area (Å²) in [6.45, 7) is 4.65. The molecule has 0 bridgehead atoms. The lowest BCUT2D eigenvalue weighted by atomic mass is 9.46. The zero-order valence-corrected chi connectivity index (χ0v) is 14.8. The summed E-state index contributed by atoms with van der Waals surface area (Å²) >= 11 is 0. The molecule has 0 aromatic heterocycles. The summed E-state index contributed by atoms with van der Waals surface area (Å²) in [6, 6.07) is 0. The predicted molar refractivity (Wildman–Crippen MR) is 90.0 cm³/mol. The van der Waals surface area contributed by atoms with Crippen molar-refractivity contribution >= 4 is 0 Å². The van der Waals surface area contributed by atoms with Gasteiger partial charge in [-0.05, 0) is 62.2 Å². The van der Waals surface area contributed by atoms with Crippen molar-refractivity contribution in [2.24, 2.45) is 40.4 Å². The van der Waals surface area contributed by atoms with E-state index in [0.717, 1.165) is 32.1 Å². The summed E-state index contributed by atoms with van der Waals surface area (Å²) in [7, 11) is 0. The van der Waals surface area contributed by atoms with Crippen LogP contribution in [-0.4, -0.2) is 33.1 Å². The van der Waals surface area contributed by atoms with E-state index in [0.29, 0.717) is 36.0 Å². The third-order valence-corrected chi connectivity index (χ3v) is 9.73. The highest BCUT2D eigenvalue weighted by Crippen LogP contribution is 2.77. The summed E-state index contributed by atoms with van der Waals surface area (Å²) in [6.07, 6.45) is 6.39. The SMILES string of the molecule is C[C@]12CCC3C(=C4C[C@H]4[C@]4(O)C[C@@H](O)CC[C@]34C)C1[C@@H]1C[C@@H]1C2O. The Morgan fingerprint density at radius 1 is 1.00 bits per heavy atom. The minimum Gasteiger partial charge on any atom is -0.393 e. The van der Waals surface area contributed by atoms with Gasteiger partial charge in [0, 0.05) is 23.2 Å². The van der Waals surface area contributed by atoms with E-state index in [-0.39, 0.29) is 23.0 Å². The van der Waals surface area contributed by atoms with Crippen LogP contribution >= 0.6 is 0 Å². The number of hydrogen-bond acceptors (Lipinski definition) is 3. The molecule has 132 valence electrons. The van der Waals surface area contributed by atoms with Crippen molar-refractivity contribution in [1.29, 1.82) is 0 Å². The van der Waals surface area contributed by atoms with Gasteiger partial charge in [0.2, 0.25) is 0 Å². The molecule has 0 aliphatic heterocycles. The molecule has 0 radical (unpaired) electrons. The molecule has 3 heteroatoms. The van der Waals surface area contributed by atoms with Crippen LogP contribution in [0.3, 0.4) is 0 Å². The molecule has 6 aliphatic carbocycles. The summed E-state index contributed by atoms with van der Waals surface area (Å²) in [5.74, 6) is 2.60. The van der Waals surface area contributed by atoms with Gasteiger partial charge in [0.15, 0.2) is 0 Å². The van der Waals surface area contributed by atoms with E-state index in [2.05, 4.69) is 13.8 Å². The Morgan fingerprint density at radius 3 is 2.58 bits per heavy atom. The summed E-state index contributed by atoms with van der Waals surface area (Å²) in [5.41, 5.74) is 2.53. The van der Waals surface area contributed by atoms with Crippen LogP contribution in [0.15, 0.2) is 11.1 Å². The molecule has 0 amide bonds. The Labute approximate surface area is 144 Å². The number of allylic oxidation sites excluding steroid dienone is 1. The van der Waals surface area contributed by atoms with Crippen LogP contribution in [0.4, 0.5) is 0 Å². The molecule has 0 aromatic carbocycles. The Hall–Kier alpha value is -0.380. The Balaban J connectivity index is 1.50. The number of hydrogen-bond donors (Lipinski definition) is 3. The van der Waals surface area contributed by atoms with E-state index in [1.54, 1.807) is 5.57 Å². The number of aliphatic hydroxyl groups excluding tert-OH is 2. The lowest BCUT2D eigenvalue weighted by Gasteiger charge is -2.60. The average Bonchev–Trinajstić information content (AvgIpc) is 3.41. The molecule has 6 aliphatic rings. The molecule has 0 heterocycles. The maximum absolute atomic E-state index is 11.7. The highest BCUT2D eigenvalue weighted by Gasteiger charge is 2.74.